The van der Waals surface area contributed by atoms with E-state index in [9.17, 15) is 9.59 Å². The minimum Gasteiger partial charge on any atom is -0.334 e. The van der Waals surface area contributed by atoms with Gasteiger partial charge in [-0.3, -0.25) is 14.5 Å². The fraction of sp³-hybridized carbons (Fsp3) is 0.286. The van der Waals surface area contributed by atoms with Gasteiger partial charge in [0.2, 0.25) is 11.8 Å². The number of carbonyl (C=O) groups is 2. The van der Waals surface area contributed by atoms with Gasteiger partial charge in [0, 0.05) is 22.8 Å². The van der Waals surface area contributed by atoms with Crippen molar-refractivity contribution in [3.05, 3.63) is 58.6 Å². The minimum atomic E-state index is -0.465. The lowest BCUT2D eigenvalue weighted by atomic mass is 10.1. The molecular weight excluding hydrogens is 408 g/mol. The molecule has 2 aromatic carbocycles. The smallest absolute Gasteiger partial charge is 0.244 e. The Labute approximate surface area is 178 Å². The summed E-state index contributed by atoms with van der Waals surface area (Å²) in [5.74, 6) is -0.298. The van der Waals surface area contributed by atoms with E-state index in [0.717, 1.165) is 5.69 Å². The van der Waals surface area contributed by atoms with Gasteiger partial charge in [0.15, 0.2) is 5.17 Å². The van der Waals surface area contributed by atoms with Crippen LogP contribution in [0.25, 0.3) is 0 Å². The molecule has 6 nitrogen and oxygen atoms in total. The largest absolute Gasteiger partial charge is 0.334 e. The fourth-order valence-corrected chi connectivity index (χ4v) is 4.60. The van der Waals surface area contributed by atoms with Crippen molar-refractivity contribution in [2.45, 2.75) is 25.5 Å². The van der Waals surface area contributed by atoms with Gasteiger partial charge >= 0.3 is 0 Å². The molecule has 2 amide bonds. The molecule has 150 valence electrons. The highest BCUT2D eigenvalue weighted by molar-refractivity contribution is 8.15. The summed E-state index contributed by atoms with van der Waals surface area (Å²) in [5.41, 5.74) is 4.09. The summed E-state index contributed by atoms with van der Waals surface area (Å²) < 4.78 is 0. The molecule has 1 saturated heterocycles. The summed E-state index contributed by atoms with van der Waals surface area (Å²) in [5, 5.41) is 3.57. The van der Waals surface area contributed by atoms with Gasteiger partial charge in [0.1, 0.15) is 18.6 Å². The molecule has 0 unspecified atom stereocenters. The summed E-state index contributed by atoms with van der Waals surface area (Å²) >= 11 is 7.31. The quantitative estimate of drug-likeness (QED) is 0.798. The van der Waals surface area contributed by atoms with E-state index >= 15 is 0 Å². The first-order chi connectivity index (χ1) is 13.9. The number of thioether (sulfide) groups is 1. The number of fused-ring (bicyclic) bond motifs is 1. The average molecular weight is 429 g/mol. The van der Waals surface area contributed by atoms with E-state index in [-0.39, 0.29) is 18.2 Å². The lowest BCUT2D eigenvalue weighted by Gasteiger charge is -2.32. The molecule has 29 heavy (non-hydrogen) atoms. The van der Waals surface area contributed by atoms with Crippen molar-refractivity contribution < 1.29 is 9.59 Å². The molecule has 2 aliphatic rings. The zero-order chi connectivity index (χ0) is 20.5. The highest BCUT2D eigenvalue weighted by atomic mass is 35.5. The van der Waals surface area contributed by atoms with Crippen molar-refractivity contribution in [1.82, 2.24) is 4.90 Å². The highest BCUT2D eigenvalue weighted by Crippen LogP contribution is 2.33. The van der Waals surface area contributed by atoms with Crippen LogP contribution >= 0.6 is 23.4 Å². The van der Waals surface area contributed by atoms with Crippen LogP contribution in [0.1, 0.15) is 17.5 Å². The summed E-state index contributed by atoms with van der Waals surface area (Å²) in [7, 11) is 0. The second-order valence-corrected chi connectivity index (χ2v) is 8.77. The number of nitrogens with zero attached hydrogens (tertiary/aromatic N) is 3. The van der Waals surface area contributed by atoms with Crippen LogP contribution < -0.4 is 10.2 Å². The monoisotopic (exact) mass is 428 g/mol. The van der Waals surface area contributed by atoms with E-state index < -0.39 is 5.25 Å². The van der Waals surface area contributed by atoms with Crippen molar-refractivity contribution in [2.24, 2.45) is 4.99 Å². The van der Waals surface area contributed by atoms with Gasteiger partial charge in [0.25, 0.3) is 0 Å². The lowest BCUT2D eigenvalue weighted by Crippen LogP contribution is -2.46. The predicted octanol–water partition coefficient (Wildman–Crippen LogP) is 4.02. The molecule has 2 heterocycles. The number of aliphatic imine (C=N–C) groups is 1. The molecule has 1 atom stereocenters. The van der Waals surface area contributed by atoms with Crippen LogP contribution in [0, 0.1) is 13.8 Å². The van der Waals surface area contributed by atoms with Crippen molar-refractivity contribution in [1.29, 1.82) is 0 Å². The maximum absolute atomic E-state index is 12.9. The molecule has 2 aliphatic heterocycles. The van der Waals surface area contributed by atoms with E-state index in [2.05, 4.69) is 41.2 Å². The maximum Gasteiger partial charge on any atom is 0.244 e. The molecule has 0 radical (unpaired) electrons. The standard InChI is InChI=1S/C21H21ClN4O2S/c1-13-6-7-17(8-14(13)2)25-11-23-21-26(12-25)20(28)18(29-21)10-19(27)24-16-5-3-4-15(22)9-16/h3-9,18H,10-12H2,1-2H3,(H,24,27)/t18-/m0/s1. The van der Waals surface area contributed by atoms with Crippen LogP contribution in [0.3, 0.4) is 0 Å². The van der Waals surface area contributed by atoms with E-state index in [1.54, 1.807) is 29.2 Å². The number of amidine groups is 1. The Morgan fingerprint density at radius 2 is 2.07 bits per heavy atom. The maximum atomic E-state index is 12.9. The van der Waals surface area contributed by atoms with E-state index in [4.69, 9.17) is 11.6 Å². The normalized spacial score (nSPS) is 18.5. The van der Waals surface area contributed by atoms with E-state index in [1.807, 2.05) is 6.07 Å². The highest BCUT2D eigenvalue weighted by Gasteiger charge is 2.41. The minimum absolute atomic E-state index is 0.0801. The first kappa shape index (κ1) is 19.8. The number of amides is 2. The number of carbonyl (C=O) groups excluding carboxylic acids is 2. The van der Waals surface area contributed by atoms with Crippen molar-refractivity contribution in [3.8, 4) is 0 Å². The van der Waals surface area contributed by atoms with Crippen LogP contribution in [0.5, 0.6) is 0 Å². The molecule has 4 rings (SSSR count). The van der Waals surface area contributed by atoms with Gasteiger partial charge in [-0.1, -0.05) is 35.5 Å². The number of hydrogen-bond donors (Lipinski definition) is 1. The second-order valence-electron chi connectivity index (χ2n) is 7.17. The molecule has 0 bridgehead atoms. The SMILES string of the molecule is Cc1ccc(N2CN=C3S[C@@H](CC(=O)Nc4cccc(Cl)c4)C(=O)N3C2)cc1C. The number of benzene rings is 2. The van der Waals surface area contributed by atoms with E-state index in [0.29, 0.717) is 29.2 Å². The van der Waals surface area contributed by atoms with Gasteiger partial charge < -0.3 is 10.2 Å². The van der Waals surface area contributed by atoms with Gasteiger partial charge in [-0.05, 0) is 55.3 Å². The molecule has 0 saturated carbocycles. The Morgan fingerprint density at radius 1 is 1.24 bits per heavy atom. The van der Waals surface area contributed by atoms with Crippen LogP contribution in [0.4, 0.5) is 11.4 Å². The number of hydrogen-bond acceptors (Lipinski definition) is 5. The zero-order valence-corrected chi connectivity index (χ0v) is 17.8. The first-order valence-electron chi connectivity index (χ1n) is 9.31. The molecule has 1 fully saturated rings. The van der Waals surface area contributed by atoms with Crippen LogP contribution in [-0.4, -0.2) is 40.5 Å². The van der Waals surface area contributed by atoms with Gasteiger partial charge in [-0.2, -0.15) is 0 Å². The molecule has 0 aromatic heterocycles. The molecular formula is C21H21ClN4O2S. The third-order valence-corrected chi connectivity index (χ3v) is 6.49. The first-order valence-corrected chi connectivity index (χ1v) is 10.6. The number of rotatable bonds is 4. The van der Waals surface area contributed by atoms with Crippen molar-refractivity contribution in [3.63, 3.8) is 0 Å². The summed E-state index contributed by atoms with van der Waals surface area (Å²) in [6, 6.07) is 13.2. The zero-order valence-electron chi connectivity index (χ0n) is 16.2. The molecule has 0 spiro atoms. The second kappa shape index (κ2) is 8.08. The molecule has 1 N–H and O–H groups in total. The lowest BCUT2D eigenvalue weighted by molar-refractivity contribution is -0.128. The average Bonchev–Trinajstić information content (AvgIpc) is 2.99. The summed E-state index contributed by atoms with van der Waals surface area (Å²) in [6.45, 7) is 5.09. The Hall–Kier alpha value is -2.51. The van der Waals surface area contributed by atoms with E-state index in [1.165, 1.54) is 22.9 Å². The Kier molecular flexibility index (Phi) is 5.52. The Balaban J connectivity index is 1.41. The van der Waals surface area contributed by atoms with Gasteiger partial charge in [-0.25, -0.2) is 4.99 Å². The van der Waals surface area contributed by atoms with Crippen LogP contribution in [-0.2, 0) is 9.59 Å². The van der Waals surface area contributed by atoms with Crippen molar-refractivity contribution >= 4 is 51.7 Å². The van der Waals surface area contributed by atoms with Gasteiger partial charge in [-0.15, -0.1) is 0 Å². The fourth-order valence-electron chi connectivity index (χ4n) is 3.28. The van der Waals surface area contributed by atoms with Crippen molar-refractivity contribution in [2.75, 3.05) is 23.6 Å². The predicted molar refractivity (Wildman–Crippen MR) is 118 cm³/mol. The molecule has 0 aliphatic carbocycles. The third-order valence-electron chi connectivity index (χ3n) is 5.04. The van der Waals surface area contributed by atoms with Crippen LogP contribution in [0.2, 0.25) is 5.02 Å². The summed E-state index contributed by atoms with van der Waals surface area (Å²) in [4.78, 5) is 33.6. The number of nitrogens with one attached hydrogen (secondary N) is 1. The summed E-state index contributed by atoms with van der Waals surface area (Å²) in [6.07, 6.45) is 0.0924. The Bertz CT molecular complexity index is 1010. The number of anilines is 2. The third kappa shape index (κ3) is 4.26. The number of halogens is 1. The molecule has 8 heteroatoms. The Morgan fingerprint density at radius 3 is 2.83 bits per heavy atom. The number of aryl methyl sites for hydroxylation is 2. The molecule has 2 aromatic rings. The topological polar surface area (TPSA) is 65.0 Å². The van der Waals surface area contributed by atoms with Gasteiger partial charge in [0.05, 0.1) is 0 Å². The van der Waals surface area contributed by atoms with Crippen LogP contribution in [0.15, 0.2) is 47.5 Å².